The van der Waals surface area contributed by atoms with Crippen molar-refractivity contribution in [2.45, 2.75) is 45.3 Å². The minimum atomic E-state index is 0.172. The van der Waals surface area contributed by atoms with Gasteiger partial charge in [-0.2, -0.15) is 0 Å². The summed E-state index contributed by atoms with van der Waals surface area (Å²) in [6.07, 6.45) is 2.36. The van der Waals surface area contributed by atoms with Crippen LogP contribution < -0.4 is 9.47 Å². The third-order valence-corrected chi connectivity index (χ3v) is 6.67. The van der Waals surface area contributed by atoms with Crippen LogP contribution >= 0.6 is 0 Å². The molecule has 1 amide bonds. The second-order valence-electron chi connectivity index (χ2n) is 9.12. The third kappa shape index (κ3) is 7.09. The molecule has 1 aliphatic heterocycles. The van der Waals surface area contributed by atoms with Gasteiger partial charge in [0, 0.05) is 32.2 Å². The van der Waals surface area contributed by atoms with Crippen LogP contribution in [0.3, 0.4) is 0 Å². The van der Waals surface area contributed by atoms with E-state index in [2.05, 4.69) is 52.3 Å². The molecule has 0 spiro atoms. The number of rotatable bonds is 10. The molecule has 0 aliphatic carbocycles. The molecular weight excluding hydrogens is 436 g/mol. The van der Waals surface area contributed by atoms with E-state index in [1.54, 1.807) is 7.11 Å². The normalized spacial score (nSPS) is 14.5. The van der Waals surface area contributed by atoms with Gasteiger partial charge in [0.1, 0.15) is 11.5 Å². The molecule has 1 heterocycles. The van der Waals surface area contributed by atoms with E-state index in [1.807, 2.05) is 43.3 Å². The summed E-state index contributed by atoms with van der Waals surface area (Å²) in [7, 11) is 1.66. The number of nitrogens with zero attached hydrogens (tertiary/aromatic N) is 2. The zero-order valence-electron chi connectivity index (χ0n) is 20.9. The van der Waals surface area contributed by atoms with Crippen molar-refractivity contribution in [3.8, 4) is 11.5 Å². The largest absolute Gasteiger partial charge is 0.497 e. The highest BCUT2D eigenvalue weighted by Gasteiger charge is 2.28. The van der Waals surface area contributed by atoms with Crippen LogP contribution in [0.5, 0.6) is 11.5 Å². The molecule has 3 aromatic rings. The first-order valence-corrected chi connectivity index (χ1v) is 12.5. The Morgan fingerprint density at radius 1 is 0.857 bits per heavy atom. The Morgan fingerprint density at radius 3 is 2.11 bits per heavy atom. The molecule has 1 fully saturated rings. The monoisotopic (exact) mass is 472 g/mol. The van der Waals surface area contributed by atoms with Gasteiger partial charge in [-0.25, -0.2) is 0 Å². The Hall–Kier alpha value is -3.31. The van der Waals surface area contributed by atoms with Crippen LogP contribution in [0.25, 0.3) is 0 Å². The molecule has 0 N–H and O–H groups in total. The van der Waals surface area contributed by atoms with E-state index < -0.39 is 0 Å². The number of carbonyl (C=O) groups excluding carboxylic acids is 1. The smallest absolute Gasteiger partial charge is 0.227 e. The van der Waals surface area contributed by atoms with Gasteiger partial charge in [0.05, 0.1) is 20.1 Å². The fraction of sp³-hybridized carbons (Fsp3) is 0.367. The minimum Gasteiger partial charge on any atom is -0.497 e. The summed E-state index contributed by atoms with van der Waals surface area (Å²) in [5.41, 5.74) is 3.48. The molecule has 0 radical (unpaired) electrons. The molecule has 0 saturated carbocycles. The van der Waals surface area contributed by atoms with Gasteiger partial charge in [-0.05, 0) is 60.7 Å². The quantitative estimate of drug-likeness (QED) is 0.400. The fourth-order valence-corrected chi connectivity index (χ4v) is 4.73. The molecule has 5 nitrogen and oxygen atoms in total. The van der Waals surface area contributed by atoms with Crippen LogP contribution in [0.1, 0.15) is 36.5 Å². The Bertz CT molecular complexity index is 1040. The maximum Gasteiger partial charge on any atom is 0.227 e. The minimum absolute atomic E-state index is 0.172. The summed E-state index contributed by atoms with van der Waals surface area (Å²) < 4.78 is 10.9. The number of piperidine rings is 1. The Balaban J connectivity index is 1.44. The lowest BCUT2D eigenvalue weighted by atomic mass is 10.00. The summed E-state index contributed by atoms with van der Waals surface area (Å²) in [6.45, 7) is 6.20. The van der Waals surface area contributed by atoms with Gasteiger partial charge >= 0.3 is 0 Å². The summed E-state index contributed by atoms with van der Waals surface area (Å²) >= 11 is 0. The average molecular weight is 473 g/mol. The summed E-state index contributed by atoms with van der Waals surface area (Å²) in [5.74, 6) is 1.84. The number of methoxy groups -OCH3 is 1. The summed E-state index contributed by atoms with van der Waals surface area (Å²) in [5, 5.41) is 0. The van der Waals surface area contributed by atoms with E-state index in [9.17, 15) is 4.79 Å². The van der Waals surface area contributed by atoms with Gasteiger partial charge in [-0.15, -0.1) is 0 Å². The van der Waals surface area contributed by atoms with E-state index in [0.29, 0.717) is 19.6 Å². The molecule has 1 saturated heterocycles. The Kier molecular flexibility index (Phi) is 8.79. The highest BCUT2D eigenvalue weighted by atomic mass is 16.5. The highest BCUT2D eigenvalue weighted by Crippen LogP contribution is 2.23. The molecule has 3 aromatic carbocycles. The van der Waals surface area contributed by atoms with Crippen molar-refractivity contribution in [3.63, 3.8) is 0 Å². The third-order valence-electron chi connectivity index (χ3n) is 6.67. The molecule has 0 unspecified atom stereocenters. The van der Waals surface area contributed by atoms with Crippen molar-refractivity contribution in [2.75, 3.05) is 26.8 Å². The van der Waals surface area contributed by atoms with Crippen molar-refractivity contribution < 1.29 is 14.3 Å². The van der Waals surface area contributed by atoms with Crippen molar-refractivity contribution in [1.29, 1.82) is 0 Å². The predicted octanol–water partition coefficient (Wildman–Crippen LogP) is 5.33. The fourth-order valence-electron chi connectivity index (χ4n) is 4.73. The zero-order valence-corrected chi connectivity index (χ0v) is 20.9. The lowest BCUT2D eigenvalue weighted by Crippen LogP contribution is -2.47. The van der Waals surface area contributed by atoms with Gasteiger partial charge in [0.2, 0.25) is 5.91 Å². The summed E-state index contributed by atoms with van der Waals surface area (Å²) in [6, 6.07) is 26.8. The Morgan fingerprint density at radius 2 is 1.49 bits per heavy atom. The van der Waals surface area contributed by atoms with Crippen LogP contribution in [0.15, 0.2) is 78.9 Å². The van der Waals surface area contributed by atoms with E-state index in [4.69, 9.17) is 9.47 Å². The SMILES string of the molecule is CCOc1ccc(CN(C(=O)Cc2ccc(OC)cc2)C2CCN(Cc3ccccc3)CC2)cc1. The maximum atomic E-state index is 13.6. The van der Waals surface area contributed by atoms with Crippen molar-refractivity contribution in [2.24, 2.45) is 0 Å². The second kappa shape index (κ2) is 12.4. The topological polar surface area (TPSA) is 42.0 Å². The molecule has 0 bridgehead atoms. The Labute approximate surface area is 209 Å². The number of ether oxygens (including phenoxy) is 2. The molecule has 0 aromatic heterocycles. The molecule has 0 atom stereocenters. The molecule has 5 heteroatoms. The molecule has 4 rings (SSSR count). The van der Waals surface area contributed by atoms with Crippen molar-refractivity contribution in [3.05, 3.63) is 95.6 Å². The second-order valence-corrected chi connectivity index (χ2v) is 9.12. The van der Waals surface area contributed by atoms with E-state index in [-0.39, 0.29) is 11.9 Å². The summed E-state index contributed by atoms with van der Waals surface area (Å²) in [4.78, 5) is 18.2. The number of likely N-dealkylation sites (tertiary alicyclic amines) is 1. The van der Waals surface area contributed by atoms with E-state index in [1.165, 1.54) is 5.56 Å². The lowest BCUT2D eigenvalue weighted by Gasteiger charge is -2.39. The first kappa shape index (κ1) is 24.8. The van der Waals surface area contributed by atoms with Gasteiger partial charge in [0.25, 0.3) is 0 Å². The molecule has 35 heavy (non-hydrogen) atoms. The van der Waals surface area contributed by atoms with Crippen LogP contribution in [-0.4, -0.2) is 48.6 Å². The zero-order chi connectivity index (χ0) is 24.5. The number of hydrogen-bond acceptors (Lipinski definition) is 4. The van der Waals surface area contributed by atoms with Crippen LogP contribution in [0, 0.1) is 0 Å². The van der Waals surface area contributed by atoms with Gasteiger partial charge in [0.15, 0.2) is 0 Å². The van der Waals surface area contributed by atoms with Gasteiger partial charge < -0.3 is 14.4 Å². The van der Waals surface area contributed by atoms with Crippen molar-refractivity contribution >= 4 is 5.91 Å². The lowest BCUT2D eigenvalue weighted by molar-refractivity contribution is -0.134. The molecule has 184 valence electrons. The van der Waals surface area contributed by atoms with E-state index in [0.717, 1.165) is 55.1 Å². The standard InChI is InChI=1S/C30H36N2O3/c1-3-35-29-15-11-26(12-16-29)23-32(30(33)21-24-9-13-28(34-2)14-10-24)27-17-19-31(20-18-27)22-25-7-5-4-6-8-25/h4-16,27H,3,17-23H2,1-2H3. The molecular formula is C30H36N2O3. The van der Waals surface area contributed by atoms with E-state index >= 15 is 0 Å². The predicted molar refractivity (Wildman–Crippen MR) is 140 cm³/mol. The highest BCUT2D eigenvalue weighted by molar-refractivity contribution is 5.79. The number of amides is 1. The van der Waals surface area contributed by atoms with Crippen molar-refractivity contribution in [1.82, 2.24) is 9.80 Å². The van der Waals surface area contributed by atoms with Gasteiger partial charge in [-0.3, -0.25) is 9.69 Å². The first-order valence-electron chi connectivity index (χ1n) is 12.5. The van der Waals surface area contributed by atoms with Gasteiger partial charge in [-0.1, -0.05) is 54.6 Å². The van der Waals surface area contributed by atoms with Crippen LogP contribution in [0.2, 0.25) is 0 Å². The van der Waals surface area contributed by atoms with Crippen LogP contribution in [0.4, 0.5) is 0 Å². The van der Waals surface area contributed by atoms with Crippen LogP contribution in [-0.2, 0) is 24.3 Å². The molecule has 1 aliphatic rings. The first-order chi connectivity index (χ1) is 17.1. The number of hydrogen-bond donors (Lipinski definition) is 0. The maximum absolute atomic E-state index is 13.6. The number of carbonyl (C=O) groups is 1. The average Bonchev–Trinajstić information content (AvgIpc) is 2.90. The number of benzene rings is 3.